The summed E-state index contributed by atoms with van der Waals surface area (Å²) in [4.78, 5) is 35.4. The van der Waals surface area contributed by atoms with Crippen LogP contribution in [-0.2, 0) is 16.6 Å². The predicted molar refractivity (Wildman–Crippen MR) is 128 cm³/mol. The van der Waals surface area contributed by atoms with Crippen LogP contribution < -0.4 is 10.9 Å². The summed E-state index contributed by atoms with van der Waals surface area (Å²) in [6, 6.07) is 16.4. The predicted octanol–water partition coefficient (Wildman–Crippen LogP) is 2.82. The highest BCUT2D eigenvalue weighted by atomic mass is 32.2. The number of nitro groups is 1. The number of sulfonamides is 1. The van der Waals surface area contributed by atoms with Crippen LogP contribution in [0.1, 0.15) is 28.4 Å². The summed E-state index contributed by atoms with van der Waals surface area (Å²) in [7, 11) is -3.79. The van der Waals surface area contributed by atoms with Crippen LogP contribution in [0.3, 0.4) is 0 Å². The molecule has 0 unspecified atom stereocenters. The lowest BCUT2D eigenvalue weighted by molar-refractivity contribution is -0.385. The number of aromatic nitrogens is 1. The number of anilines is 1. The number of piperidine rings is 1. The van der Waals surface area contributed by atoms with Crippen LogP contribution in [0, 0.1) is 16.0 Å². The number of nitrogens with zero attached hydrogens (tertiary/aromatic N) is 3. The molecule has 11 heteroatoms. The SMILES string of the molecule is O=C(Nc1ccc(S(=O)(=O)N2C[C@@H]3C[C@@H](C2)c2cccc(=O)n2C3)cc1)c1ccccc1[N+](=O)[O-]. The maximum atomic E-state index is 13.4. The fourth-order valence-electron chi connectivity index (χ4n) is 4.93. The van der Waals surface area contributed by atoms with Crippen LogP contribution >= 0.6 is 0 Å². The summed E-state index contributed by atoms with van der Waals surface area (Å²) < 4.78 is 29.9. The molecule has 2 aliphatic rings. The fourth-order valence-corrected chi connectivity index (χ4v) is 6.49. The first-order chi connectivity index (χ1) is 16.7. The quantitative estimate of drug-likeness (QED) is 0.429. The zero-order chi connectivity index (χ0) is 24.7. The lowest BCUT2D eigenvalue weighted by Gasteiger charge is -2.42. The Labute approximate surface area is 201 Å². The number of pyridine rings is 1. The number of hydrogen-bond acceptors (Lipinski definition) is 6. The van der Waals surface area contributed by atoms with E-state index in [1.165, 1.54) is 58.9 Å². The summed E-state index contributed by atoms with van der Waals surface area (Å²) in [5.74, 6) is -0.659. The van der Waals surface area contributed by atoms with Crippen LogP contribution in [0.25, 0.3) is 0 Å². The number of benzene rings is 2. The number of nitro benzene ring substituents is 1. The zero-order valence-electron chi connectivity index (χ0n) is 18.5. The van der Waals surface area contributed by atoms with Gasteiger partial charge in [0.05, 0.1) is 9.82 Å². The number of carbonyl (C=O) groups is 1. The lowest BCUT2D eigenvalue weighted by atomic mass is 9.84. The molecule has 1 aromatic heterocycles. The molecule has 1 amide bonds. The van der Waals surface area contributed by atoms with Gasteiger partial charge in [-0.25, -0.2) is 8.42 Å². The fraction of sp³-hybridized carbons (Fsp3) is 0.250. The van der Waals surface area contributed by atoms with Crippen LogP contribution in [0.5, 0.6) is 0 Å². The Bertz CT molecular complexity index is 1480. The summed E-state index contributed by atoms with van der Waals surface area (Å²) in [5.41, 5.74) is 0.710. The summed E-state index contributed by atoms with van der Waals surface area (Å²) in [6.07, 6.45) is 0.839. The number of nitrogens with one attached hydrogen (secondary N) is 1. The summed E-state index contributed by atoms with van der Waals surface area (Å²) >= 11 is 0. The number of carbonyl (C=O) groups excluding carboxylic acids is 1. The van der Waals surface area contributed by atoms with Gasteiger partial charge in [-0.3, -0.25) is 19.7 Å². The van der Waals surface area contributed by atoms with Crippen molar-refractivity contribution in [2.75, 3.05) is 18.4 Å². The zero-order valence-corrected chi connectivity index (χ0v) is 19.3. The van der Waals surface area contributed by atoms with Gasteiger partial charge in [-0.15, -0.1) is 0 Å². The molecule has 0 aliphatic carbocycles. The molecule has 0 spiro atoms. The van der Waals surface area contributed by atoms with Gasteiger partial charge in [0.15, 0.2) is 0 Å². The largest absolute Gasteiger partial charge is 0.322 e. The molecule has 3 heterocycles. The topological polar surface area (TPSA) is 132 Å². The van der Waals surface area contributed by atoms with Crippen molar-refractivity contribution < 1.29 is 18.1 Å². The first kappa shape index (κ1) is 22.9. The number of rotatable bonds is 5. The molecular weight excluding hydrogens is 472 g/mol. The van der Waals surface area contributed by atoms with Crippen molar-refractivity contribution in [1.29, 1.82) is 0 Å². The third-order valence-corrected chi connectivity index (χ3v) is 8.39. The minimum atomic E-state index is -3.79. The van der Waals surface area contributed by atoms with Crippen LogP contribution in [0.15, 0.2) is 76.4 Å². The normalized spacial score (nSPS) is 19.5. The van der Waals surface area contributed by atoms with E-state index in [1.54, 1.807) is 10.6 Å². The Hall–Kier alpha value is -3.83. The van der Waals surface area contributed by atoms with Crippen molar-refractivity contribution in [2.45, 2.75) is 23.8 Å². The highest BCUT2D eigenvalue weighted by Gasteiger charge is 2.39. The molecule has 2 bridgehead atoms. The van der Waals surface area contributed by atoms with E-state index in [4.69, 9.17) is 0 Å². The number of amides is 1. The van der Waals surface area contributed by atoms with Crippen LogP contribution in [-0.4, -0.2) is 41.2 Å². The Morgan fingerprint density at radius 3 is 2.46 bits per heavy atom. The minimum absolute atomic E-state index is 0.0496. The molecule has 10 nitrogen and oxygen atoms in total. The Balaban J connectivity index is 1.34. The molecule has 1 fully saturated rings. The van der Waals surface area contributed by atoms with Crippen LogP contribution in [0.2, 0.25) is 0 Å². The van der Waals surface area contributed by atoms with Crippen molar-refractivity contribution in [3.05, 3.63) is 98.5 Å². The molecule has 2 aliphatic heterocycles. The monoisotopic (exact) mass is 494 g/mol. The Kier molecular flexibility index (Phi) is 5.73. The highest BCUT2D eigenvalue weighted by molar-refractivity contribution is 7.89. The second kappa shape index (κ2) is 8.75. The van der Waals surface area contributed by atoms with E-state index in [0.717, 1.165) is 12.1 Å². The molecular formula is C24H22N4O6S. The maximum absolute atomic E-state index is 13.4. The average Bonchev–Trinajstić information content (AvgIpc) is 2.85. The van der Waals surface area contributed by atoms with Crippen molar-refractivity contribution in [2.24, 2.45) is 5.92 Å². The second-order valence-corrected chi connectivity index (χ2v) is 10.7. The molecule has 3 aromatic rings. The lowest BCUT2D eigenvalue weighted by Crippen LogP contribution is -2.48. The summed E-state index contributed by atoms with van der Waals surface area (Å²) in [6.45, 7) is 1.11. The third-order valence-electron chi connectivity index (χ3n) is 6.54. The van der Waals surface area contributed by atoms with Gasteiger partial charge in [0.25, 0.3) is 17.2 Å². The maximum Gasteiger partial charge on any atom is 0.282 e. The van der Waals surface area contributed by atoms with Gasteiger partial charge in [-0.2, -0.15) is 4.31 Å². The van der Waals surface area contributed by atoms with Crippen LogP contribution in [0.4, 0.5) is 11.4 Å². The molecule has 2 atom stereocenters. The van der Waals surface area contributed by atoms with Crippen molar-refractivity contribution >= 4 is 27.3 Å². The van der Waals surface area contributed by atoms with Crippen molar-refractivity contribution in [1.82, 2.24) is 8.87 Å². The molecule has 2 aromatic carbocycles. The van der Waals surface area contributed by atoms with E-state index >= 15 is 0 Å². The molecule has 5 rings (SSSR count). The molecule has 180 valence electrons. The van der Waals surface area contributed by atoms with Gasteiger partial charge in [-0.05, 0) is 48.7 Å². The molecule has 0 saturated carbocycles. The van der Waals surface area contributed by atoms with Crippen molar-refractivity contribution in [3.63, 3.8) is 0 Å². The van der Waals surface area contributed by atoms with Gasteiger partial charge in [0.2, 0.25) is 10.0 Å². The smallest absolute Gasteiger partial charge is 0.282 e. The van der Waals surface area contributed by atoms with E-state index in [-0.39, 0.29) is 33.5 Å². The number of hydrogen-bond donors (Lipinski definition) is 1. The van der Waals surface area contributed by atoms with E-state index < -0.39 is 20.9 Å². The molecule has 0 radical (unpaired) electrons. The number of para-hydroxylation sites is 1. The van der Waals surface area contributed by atoms with Crippen molar-refractivity contribution in [3.8, 4) is 0 Å². The standard InChI is InChI=1S/C24H22N4O6S/c29-23-7-3-6-21-17-12-16(14-27(21)23)13-26(15-17)35(33,34)19-10-8-18(9-11-19)25-24(30)20-4-1-2-5-22(20)28(31)32/h1-11,16-17H,12-15H2,(H,25,30)/t16-,17-/m0/s1. The third kappa shape index (κ3) is 4.24. The summed E-state index contributed by atoms with van der Waals surface area (Å²) in [5, 5.41) is 13.8. The Morgan fingerprint density at radius 2 is 1.71 bits per heavy atom. The first-order valence-corrected chi connectivity index (χ1v) is 12.5. The van der Waals surface area contributed by atoms with Gasteiger partial charge >= 0.3 is 0 Å². The molecule has 35 heavy (non-hydrogen) atoms. The second-order valence-electron chi connectivity index (χ2n) is 8.77. The first-order valence-electron chi connectivity index (χ1n) is 11.1. The van der Waals surface area contributed by atoms with Gasteiger partial charge in [0.1, 0.15) is 5.56 Å². The molecule has 1 N–H and O–H groups in total. The average molecular weight is 495 g/mol. The van der Waals surface area contributed by atoms with Gasteiger partial charge < -0.3 is 9.88 Å². The van der Waals surface area contributed by atoms with E-state index in [1.807, 2.05) is 6.07 Å². The number of fused-ring (bicyclic) bond motifs is 4. The van der Waals surface area contributed by atoms with E-state index in [0.29, 0.717) is 25.3 Å². The van der Waals surface area contributed by atoms with E-state index in [9.17, 15) is 28.1 Å². The van der Waals surface area contributed by atoms with Gasteiger partial charge in [0, 0.05) is 49.1 Å². The minimum Gasteiger partial charge on any atom is -0.322 e. The van der Waals surface area contributed by atoms with E-state index in [2.05, 4.69) is 5.32 Å². The highest BCUT2D eigenvalue weighted by Crippen LogP contribution is 2.37. The van der Waals surface area contributed by atoms with Gasteiger partial charge in [-0.1, -0.05) is 18.2 Å². The molecule has 1 saturated heterocycles. The Morgan fingerprint density at radius 1 is 0.971 bits per heavy atom.